The summed E-state index contributed by atoms with van der Waals surface area (Å²) < 4.78 is 0. The molecule has 0 spiro atoms. The number of halogens is 2. The first-order valence-corrected chi connectivity index (χ1v) is 5.41. The predicted molar refractivity (Wildman–Crippen MR) is 55.6 cm³/mol. The van der Waals surface area contributed by atoms with Crippen LogP contribution in [0, 0.1) is 0 Å². The molecular formula is C10H28Br2N2. The Labute approximate surface area is 111 Å². The zero-order chi connectivity index (χ0) is 9.82. The van der Waals surface area contributed by atoms with Crippen LogP contribution < -0.4 is 44.2 Å². The second kappa shape index (κ2) is 23.6. The van der Waals surface area contributed by atoms with Crippen LogP contribution in [0.1, 0.15) is 34.6 Å². The van der Waals surface area contributed by atoms with E-state index in [1.54, 1.807) is 4.90 Å². The Morgan fingerprint density at radius 3 is 1.00 bits per heavy atom. The van der Waals surface area contributed by atoms with E-state index in [2.05, 4.69) is 39.9 Å². The standard InChI is InChI=1S/C6H15N.C4H11N.2BrH/c1-4-7(5-2)6-3;1-3-5-4-2;;/h4-6H2,1-3H3;5H,3-4H2,1-2H3;2*1H. The molecule has 14 heavy (non-hydrogen) atoms. The highest BCUT2D eigenvalue weighted by molar-refractivity contribution is 4.11. The van der Waals surface area contributed by atoms with E-state index in [9.17, 15) is 0 Å². The molecule has 0 aliphatic heterocycles. The van der Waals surface area contributed by atoms with Crippen molar-refractivity contribution >= 4 is 0 Å². The second-order valence-electron chi connectivity index (χ2n) is 2.92. The van der Waals surface area contributed by atoms with Gasteiger partial charge in [-0.05, 0) is 34.6 Å². The van der Waals surface area contributed by atoms with Crippen LogP contribution in [0.15, 0.2) is 0 Å². The van der Waals surface area contributed by atoms with Crippen LogP contribution >= 0.6 is 0 Å². The second-order valence-corrected chi connectivity index (χ2v) is 2.92. The Bertz CT molecular complexity index is 61.6. The number of hydrogen-bond donors (Lipinski definition) is 2. The van der Waals surface area contributed by atoms with E-state index >= 15 is 0 Å². The van der Waals surface area contributed by atoms with Crippen LogP contribution in [-0.2, 0) is 0 Å². The molecule has 3 N–H and O–H groups in total. The van der Waals surface area contributed by atoms with Crippen LogP contribution in [0.25, 0.3) is 0 Å². The molecule has 0 rings (SSSR count). The Kier molecular flexibility index (Phi) is 40.8. The lowest BCUT2D eigenvalue weighted by Crippen LogP contribution is -3.11. The van der Waals surface area contributed by atoms with E-state index in [1.807, 2.05) is 0 Å². The average Bonchev–Trinajstić information content (AvgIpc) is 2.10. The highest BCUT2D eigenvalue weighted by atomic mass is 79.9. The molecule has 0 radical (unpaired) electrons. The summed E-state index contributed by atoms with van der Waals surface area (Å²) in [6.07, 6.45) is 0. The quantitative estimate of drug-likeness (QED) is 0.499. The van der Waals surface area contributed by atoms with Crippen molar-refractivity contribution < 1.29 is 44.2 Å². The van der Waals surface area contributed by atoms with Crippen molar-refractivity contribution in [3.05, 3.63) is 0 Å². The molecule has 0 heterocycles. The monoisotopic (exact) mass is 334 g/mol. The molecule has 0 aromatic heterocycles. The van der Waals surface area contributed by atoms with E-state index in [0.717, 1.165) is 0 Å². The van der Waals surface area contributed by atoms with E-state index < -0.39 is 0 Å². The van der Waals surface area contributed by atoms with Gasteiger partial charge in [-0.3, -0.25) is 0 Å². The van der Waals surface area contributed by atoms with Crippen molar-refractivity contribution in [2.24, 2.45) is 0 Å². The van der Waals surface area contributed by atoms with Gasteiger partial charge in [0, 0.05) is 0 Å². The van der Waals surface area contributed by atoms with Crippen molar-refractivity contribution in [3.8, 4) is 0 Å². The average molecular weight is 336 g/mol. The number of nitrogens with two attached hydrogens (primary N) is 1. The summed E-state index contributed by atoms with van der Waals surface area (Å²) in [6.45, 7) is 17.2. The summed E-state index contributed by atoms with van der Waals surface area (Å²) in [6, 6.07) is 0. The van der Waals surface area contributed by atoms with Crippen molar-refractivity contribution in [1.29, 1.82) is 0 Å². The van der Waals surface area contributed by atoms with Gasteiger partial charge in [-0.25, -0.2) is 0 Å². The fourth-order valence-corrected chi connectivity index (χ4v) is 1.04. The fraction of sp³-hybridized carbons (Fsp3) is 1.00. The summed E-state index contributed by atoms with van der Waals surface area (Å²) in [4.78, 5) is 1.68. The third-order valence-corrected chi connectivity index (χ3v) is 2.08. The minimum absolute atomic E-state index is 0. The van der Waals surface area contributed by atoms with Gasteiger partial charge in [0.15, 0.2) is 0 Å². The summed E-state index contributed by atoms with van der Waals surface area (Å²) in [5.74, 6) is 0. The summed E-state index contributed by atoms with van der Waals surface area (Å²) in [7, 11) is 0. The molecule has 0 saturated heterocycles. The van der Waals surface area contributed by atoms with Crippen molar-refractivity contribution in [3.63, 3.8) is 0 Å². The van der Waals surface area contributed by atoms with Crippen molar-refractivity contribution in [2.45, 2.75) is 34.6 Å². The van der Waals surface area contributed by atoms with Gasteiger partial charge in [0.25, 0.3) is 0 Å². The molecule has 0 aromatic rings. The Morgan fingerprint density at radius 1 is 0.714 bits per heavy atom. The van der Waals surface area contributed by atoms with Crippen LogP contribution in [0.2, 0.25) is 0 Å². The van der Waals surface area contributed by atoms with Crippen LogP contribution in [0.3, 0.4) is 0 Å². The van der Waals surface area contributed by atoms with E-state index in [0.29, 0.717) is 0 Å². The van der Waals surface area contributed by atoms with Gasteiger partial charge in [0.05, 0.1) is 32.7 Å². The van der Waals surface area contributed by atoms with Gasteiger partial charge >= 0.3 is 0 Å². The number of nitrogens with one attached hydrogen (secondary N) is 1. The van der Waals surface area contributed by atoms with E-state index in [-0.39, 0.29) is 34.0 Å². The first kappa shape index (κ1) is 24.2. The van der Waals surface area contributed by atoms with E-state index in [4.69, 9.17) is 0 Å². The Hall–Kier alpha value is 0.880. The SMILES string of the molecule is CC[NH+](CC)CC.CC[NH2+]CC.[Br-].[Br-]. The van der Waals surface area contributed by atoms with Gasteiger partial charge < -0.3 is 44.2 Å². The lowest BCUT2D eigenvalue weighted by molar-refractivity contribution is -0.894. The smallest absolute Gasteiger partial charge is 0.0742 e. The molecule has 0 aliphatic rings. The lowest BCUT2D eigenvalue weighted by atomic mass is 10.5. The minimum Gasteiger partial charge on any atom is -1.00 e. The first-order chi connectivity index (χ1) is 5.76. The van der Waals surface area contributed by atoms with Crippen molar-refractivity contribution in [2.75, 3.05) is 32.7 Å². The first-order valence-electron chi connectivity index (χ1n) is 5.41. The summed E-state index contributed by atoms with van der Waals surface area (Å²) >= 11 is 0. The van der Waals surface area contributed by atoms with Crippen LogP contribution in [0.4, 0.5) is 0 Å². The highest BCUT2D eigenvalue weighted by Gasteiger charge is 1.92. The summed E-state index contributed by atoms with van der Waals surface area (Å²) in [5, 5.41) is 2.25. The maximum atomic E-state index is 2.25. The number of hydrogen-bond acceptors (Lipinski definition) is 0. The molecule has 4 heteroatoms. The Balaban J connectivity index is -0.0000000651. The van der Waals surface area contributed by atoms with Gasteiger partial charge in [-0.2, -0.15) is 0 Å². The highest BCUT2D eigenvalue weighted by Crippen LogP contribution is 1.45. The van der Waals surface area contributed by atoms with Crippen LogP contribution in [-0.4, -0.2) is 32.7 Å². The zero-order valence-corrected chi connectivity index (χ0v) is 13.5. The topological polar surface area (TPSA) is 21.1 Å². The Morgan fingerprint density at radius 2 is 1.00 bits per heavy atom. The molecule has 0 atom stereocenters. The molecular weight excluding hydrogens is 308 g/mol. The zero-order valence-electron chi connectivity index (χ0n) is 10.4. The van der Waals surface area contributed by atoms with Crippen molar-refractivity contribution in [1.82, 2.24) is 0 Å². The van der Waals surface area contributed by atoms with Gasteiger partial charge in [0.1, 0.15) is 0 Å². The predicted octanol–water partition coefficient (Wildman–Crippen LogP) is -6.47. The van der Waals surface area contributed by atoms with Gasteiger partial charge in [0.2, 0.25) is 0 Å². The molecule has 0 aliphatic carbocycles. The molecule has 0 saturated carbocycles. The van der Waals surface area contributed by atoms with Crippen LogP contribution in [0.5, 0.6) is 0 Å². The molecule has 0 fully saturated rings. The molecule has 0 bridgehead atoms. The lowest BCUT2D eigenvalue weighted by Gasteiger charge is -2.10. The normalized spacial score (nSPS) is 8.14. The largest absolute Gasteiger partial charge is 1.00 e. The molecule has 0 unspecified atom stereocenters. The fourth-order valence-electron chi connectivity index (χ4n) is 1.04. The molecule has 0 amide bonds. The molecule has 92 valence electrons. The molecule has 2 nitrogen and oxygen atoms in total. The number of rotatable bonds is 5. The third-order valence-electron chi connectivity index (χ3n) is 2.08. The molecule has 0 aromatic carbocycles. The number of quaternary nitrogens is 2. The van der Waals surface area contributed by atoms with Gasteiger partial charge in [-0.1, -0.05) is 0 Å². The van der Waals surface area contributed by atoms with E-state index in [1.165, 1.54) is 32.7 Å². The third kappa shape index (κ3) is 23.1. The summed E-state index contributed by atoms with van der Waals surface area (Å²) in [5.41, 5.74) is 0. The maximum absolute atomic E-state index is 2.25. The maximum Gasteiger partial charge on any atom is 0.0742 e. The van der Waals surface area contributed by atoms with Gasteiger partial charge in [-0.15, -0.1) is 0 Å². The minimum atomic E-state index is 0.